The average Bonchev–Trinajstić information content (AvgIpc) is 2.84. The van der Waals surface area contributed by atoms with Crippen LogP contribution in [-0.4, -0.2) is 41.5 Å². The molecule has 0 unspecified atom stereocenters. The molecule has 2 rings (SSSR count). The number of benzene rings is 1. The van der Waals surface area contributed by atoms with Crippen molar-refractivity contribution in [2.24, 2.45) is 7.05 Å². The summed E-state index contributed by atoms with van der Waals surface area (Å²) in [5, 5.41) is 6.89. The Hall–Kier alpha value is -2.19. The Balaban J connectivity index is 2.30. The molecule has 0 saturated carbocycles. The quantitative estimate of drug-likeness (QED) is 0.894. The Morgan fingerprint density at radius 2 is 1.96 bits per heavy atom. The molecule has 0 spiro atoms. The molecule has 0 aliphatic rings. The van der Waals surface area contributed by atoms with Gasteiger partial charge in [-0.15, -0.1) is 0 Å². The zero-order valence-corrected chi connectivity index (χ0v) is 15.3. The molecule has 0 bridgehead atoms. The summed E-state index contributed by atoms with van der Waals surface area (Å²) >= 11 is 0. The molecule has 1 amide bonds. The van der Waals surface area contributed by atoms with E-state index in [2.05, 4.69) is 10.4 Å². The Bertz CT molecular complexity index is 856. The Kier molecular flexibility index (Phi) is 5.10. The summed E-state index contributed by atoms with van der Waals surface area (Å²) in [5.41, 5.74) is 1.05. The van der Waals surface area contributed by atoms with E-state index in [0.717, 1.165) is 5.69 Å². The van der Waals surface area contributed by atoms with Crippen LogP contribution >= 0.6 is 0 Å². The molecule has 0 aliphatic heterocycles. The third-order valence-corrected chi connectivity index (χ3v) is 5.77. The van der Waals surface area contributed by atoms with Crippen molar-refractivity contribution in [3.05, 3.63) is 41.6 Å². The summed E-state index contributed by atoms with van der Waals surface area (Å²) in [6, 6.07) is 7.57. The third-order valence-electron chi connectivity index (χ3n) is 3.74. The van der Waals surface area contributed by atoms with E-state index in [1.165, 1.54) is 23.5 Å². The molecule has 7 nitrogen and oxygen atoms in total. The first-order chi connectivity index (χ1) is 11.1. The molecule has 24 heavy (non-hydrogen) atoms. The van der Waals surface area contributed by atoms with Gasteiger partial charge in [-0.1, -0.05) is 6.07 Å². The lowest BCUT2D eigenvalue weighted by Gasteiger charge is -2.21. The minimum absolute atomic E-state index is 0.0903. The van der Waals surface area contributed by atoms with Crippen LogP contribution in [0, 0.1) is 6.92 Å². The molecule has 1 heterocycles. The van der Waals surface area contributed by atoms with Crippen LogP contribution in [0.1, 0.15) is 29.9 Å². The van der Waals surface area contributed by atoms with Gasteiger partial charge in [0, 0.05) is 31.8 Å². The molecular formula is C16H22N4O3S. The SMILES string of the molecule is Cc1cc(NC(=O)c2cccc(S(=O)(=O)N(C)C(C)C)c2)n(C)n1. The largest absolute Gasteiger partial charge is 0.307 e. The summed E-state index contributed by atoms with van der Waals surface area (Å²) in [7, 11) is -0.393. The number of aryl methyl sites for hydroxylation is 2. The lowest BCUT2D eigenvalue weighted by atomic mass is 10.2. The first kappa shape index (κ1) is 18.2. The summed E-state index contributed by atoms with van der Waals surface area (Å²) in [4.78, 5) is 12.5. The average molecular weight is 350 g/mol. The van der Waals surface area contributed by atoms with Crippen LogP contribution in [0.2, 0.25) is 0 Å². The highest BCUT2D eigenvalue weighted by molar-refractivity contribution is 7.89. The molecule has 0 radical (unpaired) electrons. The van der Waals surface area contributed by atoms with Crippen LogP contribution < -0.4 is 5.32 Å². The second-order valence-electron chi connectivity index (χ2n) is 5.89. The van der Waals surface area contributed by atoms with Crippen LogP contribution in [0.3, 0.4) is 0 Å². The van der Waals surface area contributed by atoms with Gasteiger partial charge >= 0.3 is 0 Å². The number of aromatic nitrogens is 2. The lowest BCUT2D eigenvalue weighted by molar-refractivity contribution is 0.102. The fourth-order valence-electron chi connectivity index (χ4n) is 2.16. The van der Waals surface area contributed by atoms with E-state index in [-0.39, 0.29) is 22.4 Å². The van der Waals surface area contributed by atoms with E-state index >= 15 is 0 Å². The summed E-state index contributed by atoms with van der Waals surface area (Å²) in [6.07, 6.45) is 0. The number of sulfonamides is 1. The number of hydrogen-bond donors (Lipinski definition) is 1. The predicted octanol–water partition coefficient (Wildman–Crippen LogP) is 2.01. The highest BCUT2D eigenvalue weighted by atomic mass is 32.2. The Morgan fingerprint density at radius 3 is 2.50 bits per heavy atom. The highest BCUT2D eigenvalue weighted by Crippen LogP contribution is 2.19. The number of anilines is 1. The predicted molar refractivity (Wildman–Crippen MR) is 92.4 cm³/mol. The highest BCUT2D eigenvalue weighted by Gasteiger charge is 2.24. The zero-order valence-electron chi connectivity index (χ0n) is 14.4. The van der Waals surface area contributed by atoms with Gasteiger partial charge in [0.2, 0.25) is 10.0 Å². The molecule has 130 valence electrons. The maximum absolute atomic E-state index is 12.5. The van der Waals surface area contributed by atoms with Crippen molar-refractivity contribution in [1.82, 2.24) is 14.1 Å². The molecule has 0 atom stereocenters. The van der Waals surface area contributed by atoms with Crippen LogP contribution in [0.15, 0.2) is 35.2 Å². The summed E-state index contributed by atoms with van der Waals surface area (Å²) in [6.45, 7) is 5.41. The van der Waals surface area contributed by atoms with Gasteiger partial charge in [-0.3, -0.25) is 9.48 Å². The molecule has 2 aromatic rings. The Morgan fingerprint density at radius 1 is 1.29 bits per heavy atom. The standard InChI is InChI=1S/C16H22N4O3S/c1-11(2)20(5)24(22,23)14-8-6-7-13(10-14)16(21)17-15-9-12(3)18-19(15)4/h6-11H,1-5H3,(H,17,21). The minimum atomic E-state index is -3.64. The van der Waals surface area contributed by atoms with E-state index in [1.807, 2.05) is 6.92 Å². The van der Waals surface area contributed by atoms with Gasteiger partial charge < -0.3 is 5.32 Å². The van der Waals surface area contributed by atoms with Crippen molar-refractivity contribution >= 4 is 21.7 Å². The van der Waals surface area contributed by atoms with Crippen LogP contribution in [-0.2, 0) is 17.1 Å². The van der Waals surface area contributed by atoms with Crippen LogP contribution in [0.4, 0.5) is 5.82 Å². The van der Waals surface area contributed by atoms with Crippen molar-refractivity contribution in [3.8, 4) is 0 Å². The Labute approximate surface area is 142 Å². The van der Waals surface area contributed by atoms with Gasteiger partial charge in [0.1, 0.15) is 5.82 Å². The van der Waals surface area contributed by atoms with E-state index in [9.17, 15) is 13.2 Å². The monoisotopic (exact) mass is 350 g/mol. The van der Waals surface area contributed by atoms with Crippen molar-refractivity contribution < 1.29 is 13.2 Å². The van der Waals surface area contributed by atoms with E-state index < -0.39 is 10.0 Å². The summed E-state index contributed by atoms with van der Waals surface area (Å²) in [5.74, 6) is 0.160. The van der Waals surface area contributed by atoms with Crippen molar-refractivity contribution in [3.63, 3.8) is 0 Å². The molecular weight excluding hydrogens is 328 g/mol. The van der Waals surface area contributed by atoms with Crippen LogP contribution in [0.5, 0.6) is 0 Å². The molecule has 1 aromatic heterocycles. The number of hydrogen-bond acceptors (Lipinski definition) is 4. The van der Waals surface area contributed by atoms with Gasteiger partial charge in [-0.2, -0.15) is 9.40 Å². The van der Waals surface area contributed by atoms with E-state index in [1.54, 1.807) is 43.8 Å². The molecule has 1 N–H and O–H groups in total. The fourth-order valence-corrected chi connectivity index (χ4v) is 3.57. The first-order valence-corrected chi connectivity index (χ1v) is 8.97. The van der Waals surface area contributed by atoms with Crippen LogP contribution in [0.25, 0.3) is 0 Å². The molecule has 1 aromatic carbocycles. The molecule has 0 saturated heterocycles. The number of rotatable bonds is 5. The zero-order chi connectivity index (χ0) is 18.1. The normalized spacial score (nSPS) is 12.0. The van der Waals surface area contributed by atoms with Gasteiger partial charge in [0.15, 0.2) is 0 Å². The molecule has 8 heteroatoms. The van der Waals surface area contributed by atoms with Gasteiger partial charge in [0.25, 0.3) is 5.91 Å². The van der Waals surface area contributed by atoms with E-state index in [4.69, 9.17) is 0 Å². The van der Waals surface area contributed by atoms with Gasteiger partial charge in [-0.05, 0) is 39.0 Å². The second-order valence-corrected chi connectivity index (χ2v) is 7.89. The first-order valence-electron chi connectivity index (χ1n) is 7.53. The third kappa shape index (κ3) is 3.65. The second kappa shape index (κ2) is 6.74. The number of carbonyl (C=O) groups is 1. The maximum Gasteiger partial charge on any atom is 0.256 e. The minimum Gasteiger partial charge on any atom is -0.307 e. The maximum atomic E-state index is 12.5. The van der Waals surface area contributed by atoms with Gasteiger partial charge in [-0.25, -0.2) is 8.42 Å². The number of carbonyl (C=O) groups excluding carboxylic acids is 1. The number of amides is 1. The van der Waals surface area contributed by atoms with Gasteiger partial charge in [0.05, 0.1) is 10.6 Å². The molecule has 0 fully saturated rings. The topological polar surface area (TPSA) is 84.3 Å². The smallest absolute Gasteiger partial charge is 0.256 e. The lowest BCUT2D eigenvalue weighted by Crippen LogP contribution is -2.33. The number of nitrogens with zero attached hydrogens (tertiary/aromatic N) is 3. The van der Waals surface area contributed by atoms with Crippen molar-refractivity contribution in [1.29, 1.82) is 0 Å². The molecule has 0 aliphatic carbocycles. The summed E-state index contributed by atoms with van der Waals surface area (Å²) < 4.78 is 27.9. The fraction of sp³-hybridized carbons (Fsp3) is 0.375. The number of nitrogens with one attached hydrogen (secondary N) is 1. The van der Waals surface area contributed by atoms with Crippen molar-refractivity contribution in [2.75, 3.05) is 12.4 Å². The van der Waals surface area contributed by atoms with Crippen molar-refractivity contribution in [2.45, 2.75) is 31.7 Å². The van der Waals surface area contributed by atoms with E-state index in [0.29, 0.717) is 5.82 Å².